The van der Waals surface area contributed by atoms with Crippen LogP contribution in [0.25, 0.3) is 22.1 Å². The van der Waals surface area contributed by atoms with Crippen molar-refractivity contribution in [2.75, 3.05) is 0 Å². The van der Waals surface area contributed by atoms with E-state index in [1.165, 1.54) is 6.07 Å². The molecule has 0 atom stereocenters. The van der Waals surface area contributed by atoms with Gasteiger partial charge in [0.05, 0.1) is 11.0 Å². The number of halogens is 1. The van der Waals surface area contributed by atoms with E-state index in [0.717, 1.165) is 33.2 Å². The fourth-order valence-electron chi connectivity index (χ4n) is 3.37. The third kappa shape index (κ3) is 3.09. The molecule has 0 aliphatic rings. The number of pyridine rings is 1. The molecule has 3 aromatic heterocycles. The zero-order valence-electron chi connectivity index (χ0n) is 14.9. The van der Waals surface area contributed by atoms with Crippen molar-refractivity contribution < 1.29 is 9.13 Å². The molecule has 5 rings (SSSR count). The zero-order chi connectivity index (χ0) is 18.9. The minimum absolute atomic E-state index is 0.180. The van der Waals surface area contributed by atoms with Gasteiger partial charge in [0.25, 0.3) is 0 Å². The first-order valence-electron chi connectivity index (χ1n) is 9.02. The number of para-hydroxylation sites is 2. The second-order valence-electron chi connectivity index (χ2n) is 6.64. The highest BCUT2D eigenvalue weighted by atomic mass is 19.1. The summed E-state index contributed by atoms with van der Waals surface area (Å²) in [6.45, 7) is 0.180. The molecule has 0 spiro atoms. The van der Waals surface area contributed by atoms with Crippen LogP contribution in [-0.2, 0) is 13.0 Å². The second kappa shape index (κ2) is 6.81. The highest BCUT2D eigenvalue weighted by Gasteiger charge is 2.10. The van der Waals surface area contributed by atoms with Gasteiger partial charge < -0.3 is 14.7 Å². The lowest BCUT2D eigenvalue weighted by Gasteiger charge is -2.07. The van der Waals surface area contributed by atoms with Crippen LogP contribution >= 0.6 is 0 Å². The molecule has 0 unspecified atom stereocenters. The van der Waals surface area contributed by atoms with Crippen molar-refractivity contribution in [2.24, 2.45) is 0 Å². The van der Waals surface area contributed by atoms with Crippen molar-refractivity contribution in [1.82, 2.24) is 19.9 Å². The van der Waals surface area contributed by atoms with Crippen LogP contribution in [0.4, 0.5) is 4.39 Å². The Hall–Kier alpha value is -3.67. The molecule has 5 nitrogen and oxygen atoms in total. The molecular formula is C22H17FN4O. The molecule has 0 radical (unpaired) electrons. The molecular weight excluding hydrogens is 355 g/mol. The Morgan fingerprint density at radius 3 is 2.86 bits per heavy atom. The van der Waals surface area contributed by atoms with E-state index in [-0.39, 0.29) is 18.2 Å². The van der Waals surface area contributed by atoms with Gasteiger partial charge in [-0.1, -0.05) is 18.2 Å². The van der Waals surface area contributed by atoms with E-state index < -0.39 is 0 Å². The topological polar surface area (TPSA) is 66.6 Å². The summed E-state index contributed by atoms with van der Waals surface area (Å²) in [5, 5.41) is 1.05. The monoisotopic (exact) mass is 372 g/mol. The highest BCUT2D eigenvalue weighted by molar-refractivity contribution is 5.79. The molecule has 3 heterocycles. The molecule has 28 heavy (non-hydrogen) atoms. The molecule has 0 aliphatic heterocycles. The van der Waals surface area contributed by atoms with Crippen LogP contribution in [0.1, 0.15) is 17.0 Å². The molecule has 138 valence electrons. The molecule has 0 fully saturated rings. The van der Waals surface area contributed by atoms with Gasteiger partial charge in [-0.05, 0) is 53.9 Å². The van der Waals surface area contributed by atoms with Crippen LogP contribution < -0.4 is 4.74 Å². The summed E-state index contributed by atoms with van der Waals surface area (Å²) in [5.74, 6) is 0.493. The number of aromatic amines is 2. The van der Waals surface area contributed by atoms with Crippen molar-refractivity contribution in [2.45, 2.75) is 13.0 Å². The lowest BCUT2D eigenvalue weighted by Crippen LogP contribution is -2.00. The van der Waals surface area contributed by atoms with Crippen LogP contribution in [0.15, 0.2) is 67.0 Å². The number of rotatable bonds is 5. The Labute approximate surface area is 160 Å². The number of ether oxygens (including phenoxy) is 1. The van der Waals surface area contributed by atoms with Gasteiger partial charge in [-0.15, -0.1) is 0 Å². The predicted octanol–water partition coefficient (Wildman–Crippen LogP) is 4.75. The number of imidazole rings is 1. The van der Waals surface area contributed by atoms with E-state index >= 15 is 0 Å². The molecule has 2 N–H and O–H groups in total. The average Bonchev–Trinajstić information content (AvgIpc) is 3.31. The summed E-state index contributed by atoms with van der Waals surface area (Å²) >= 11 is 0. The van der Waals surface area contributed by atoms with Gasteiger partial charge in [0.2, 0.25) is 0 Å². The van der Waals surface area contributed by atoms with E-state index in [1.54, 1.807) is 12.3 Å². The minimum atomic E-state index is -0.383. The quantitative estimate of drug-likeness (QED) is 0.468. The smallest absolute Gasteiger partial charge is 0.165 e. The summed E-state index contributed by atoms with van der Waals surface area (Å²) in [6.07, 6.45) is 4.28. The fraction of sp³-hybridized carbons (Fsp3) is 0.0909. The van der Waals surface area contributed by atoms with Gasteiger partial charge in [0, 0.05) is 17.8 Å². The van der Waals surface area contributed by atoms with Crippen molar-refractivity contribution >= 4 is 22.1 Å². The molecule has 0 amide bonds. The van der Waals surface area contributed by atoms with Gasteiger partial charge >= 0.3 is 0 Å². The van der Waals surface area contributed by atoms with Crippen molar-refractivity contribution in [3.8, 4) is 5.75 Å². The van der Waals surface area contributed by atoms with Crippen molar-refractivity contribution in [3.05, 3.63) is 89.8 Å². The number of H-pyrrole nitrogens is 2. The summed E-state index contributed by atoms with van der Waals surface area (Å²) in [7, 11) is 0. The van der Waals surface area contributed by atoms with Gasteiger partial charge in [-0.2, -0.15) is 0 Å². The van der Waals surface area contributed by atoms with Crippen molar-refractivity contribution in [1.29, 1.82) is 0 Å². The maximum atomic E-state index is 14.5. The van der Waals surface area contributed by atoms with Crippen molar-refractivity contribution in [3.63, 3.8) is 0 Å². The molecule has 0 saturated heterocycles. The van der Waals surface area contributed by atoms with Crippen LogP contribution in [0, 0.1) is 5.82 Å². The maximum Gasteiger partial charge on any atom is 0.165 e. The molecule has 5 aromatic rings. The molecule has 2 aromatic carbocycles. The first-order chi connectivity index (χ1) is 13.8. The van der Waals surface area contributed by atoms with Gasteiger partial charge in [-0.25, -0.2) is 14.4 Å². The Morgan fingerprint density at radius 2 is 1.96 bits per heavy atom. The Bertz CT molecular complexity index is 1240. The number of fused-ring (bicyclic) bond motifs is 2. The van der Waals surface area contributed by atoms with Crippen LogP contribution in [0.3, 0.4) is 0 Å². The van der Waals surface area contributed by atoms with Gasteiger partial charge in [0.15, 0.2) is 11.6 Å². The maximum absolute atomic E-state index is 14.5. The van der Waals surface area contributed by atoms with Gasteiger partial charge in [0.1, 0.15) is 18.1 Å². The average molecular weight is 372 g/mol. The van der Waals surface area contributed by atoms with Gasteiger partial charge in [-0.3, -0.25) is 0 Å². The largest absolute Gasteiger partial charge is 0.483 e. The fourth-order valence-corrected chi connectivity index (χ4v) is 3.37. The predicted molar refractivity (Wildman–Crippen MR) is 106 cm³/mol. The number of nitrogens with one attached hydrogen (secondary N) is 2. The number of hydrogen-bond acceptors (Lipinski definition) is 3. The standard InChI is InChI=1S/C22H17FN4O/c23-17-11-14(10-15-12-25-22-16(15)4-3-9-24-22)7-8-20(17)28-13-21-26-18-5-1-2-6-19(18)27-21/h1-9,11-12H,10,13H2,(H,24,25)(H,26,27). The van der Waals surface area contributed by atoms with E-state index in [4.69, 9.17) is 4.74 Å². The lowest BCUT2D eigenvalue weighted by atomic mass is 10.0. The SMILES string of the molecule is Fc1cc(Cc2c[nH]c3ncccc23)ccc1OCc1nc2ccccc2[nH]1. The Balaban J connectivity index is 1.31. The molecule has 0 aliphatic carbocycles. The van der Waals surface area contributed by atoms with Crippen LogP contribution in [-0.4, -0.2) is 19.9 Å². The normalized spacial score (nSPS) is 11.3. The first-order valence-corrected chi connectivity index (χ1v) is 9.02. The minimum Gasteiger partial charge on any atom is -0.483 e. The lowest BCUT2D eigenvalue weighted by molar-refractivity contribution is 0.282. The Kier molecular flexibility index (Phi) is 4.01. The number of aromatic nitrogens is 4. The van der Waals surface area contributed by atoms with E-state index in [9.17, 15) is 4.39 Å². The van der Waals surface area contributed by atoms with Crippen LogP contribution in [0.2, 0.25) is 0 Å². The van der Waals surface area contributed by atoms with E-state index in [2.05, 4.69) is 19.9 Å². The number of benzene rings is 2. The van der Waals surface area contributed by atoms with E-state index in [1.807, 2.05) is 48.7 Å². The summed E-state index contributed by atoms with van der Waals surface area (Å²) in [5.41, 5.74) is 4.59. The highest BCUT2D eigenvalue weighted by Crippen LogP contribution is 2.24. The summed E-state index contributed by atoms with van der Waals surface area (Å²) < 4.78 is 20.2. The third-order valence-corrected chi connectivity index (χ3v) is 4.73. The summed E-state index contributed by atoms with van der Waals surface area (Å²) in [4.78, 5) is 15.0. The number of nitrogens with zero attached hydrogens (tertiary/aromatic N) is 2. The second-order valence-corrected chi connectivity index (χ2v) is 6.64. The zero-order valence-corrected chi connectivity index (χ0v) is 14.9. The molecule has 6 heteroatoms. The Morgan fingerprint density at radius 1 is 1.04 bits per heavy atom. The molecule has 0 saturated carbocycles. The van der Waals surface area contributed by atoms with E-state index in [0.29, 0.717) is 12.2 Å². The number of hydrogen-bond donors (Lipinski definition) is 2. The summed E-state index contributed by atoms with van der Waals surface area (Å²) in [6, 6.07) is 16.7. The molecule has 0 bridgehead atoms. The third-order valence-electron chi connectivity index (χ3n) is 4.73. The van der Waals surface area contributed by atoms with Crippen LogP contribution in [0.5, 0.6) is 5.75 Å². The first kappa shape index (κ1) is 16.5.